The van der Waals surface area contributed by atoms with Crippen molar-refractivity contribution >= 4 is 0 Å². The van der Waals surface area contributed by atoms with Crippen molar-refractivity contribution in [2.75, 3.05) is 0 Å². The van der Waals surface area contributed by atoms with Gasteiger partial charge in [0.25, 0.3) is 0 Å². The molecule has 1 atom stereocenters. The van der Waals surface area contributed by atoms with Crippen LogP contribution in [0, 0.1) is 0 Å². The summed E-state index contributed by atoms with van der Waals surface area (Å²) in [4.78, 5) is 0. The van der Waals surface area contributed by atoms with E-state index in [0.29, 0.717) is 6.42 Å². The molecule has 2 aromatic carbocycles. The highest BCUT2D eigenvalue weighted by Gasteiger charge is 2.06. The number of rotatable bonds is 4. The fourth-order valence-corrected chi connectivity index (χ4v) is 1.71. The van der Waals surface area contributed by atoms with Gasteiger partial charge in [0.15, 0.2) is 0 Å². The minimum Gasteiger partial charge on any atom is -0.457 e. The molecule has 2 rings (SSSR count). The molecule has 0 heterocycles. The number of aliphatic hydroxyl groups excluding tert-OH is 1. The molecule has 0 saturated heterocycles. The molecule has 0 aliphatic heterocycles. The van der Waals surface area contributed by atoms with Crippen LogP contribution in [-0.4, -0.2) is 11.2 Å². The molecule has 1 N–H and O–H groups in total. The summed E-state index contributed by atoms with van der Waals surface area (Å²) in [6, 6.07) is 17.4. The maximum absolute atomic E-state index is 9.44. The average molecular weight is 228 g/mol. The molecule has 0 fully saturated rings. The largest absolute Gasteiger partial charge is 0.457 e. The predicted octanol–water partition coefficient (Wildman–Crippen LogP) is 3.40. The maximum atomic E-state index is 9.44. The minimum atomic E-state index is -0.365. The molecule has 0 amide bonds. The first-order valence-electron chi connectivity index (χ1n) is 5.74. The van der Waals surface area contributed by atoms with Gasteiger partial charge in [0.1, 0.15) is 11.5 Å². The van der Waals surface area contributed by atoms with E-state index in [2.05, 4.69) is 0 Å². The van der Waals surface area contributed by atoms with Gasteiger partial charge in [-0.25, -0.2) is 0 Å². The summed E-state index contributed by atoms with van der Waals surface area (Å²) in [5.74, 6) is 1.62. The molecule has 0 bridgehead atoms. The zero-order valence-corrected chi connectivity index (χ0v) is 9.84. The first kappa shape index (κ1) is 11.7. The van der Waals surface area contributed by atoms with Gasteiger partial charge in [-0.05, 0) is 30.7 Å². The van der Waals surface area contributed by atoms with Crippen LogP contribution in [0.1, 0.15) is 12.5 Å². The summed E-state index contributed by atoms with van der Waals surface area (Å²) < 4.78 is 5.80. The zero-order chi connectivity index (χ0) is 12.1. The maximum Gasteiger partial charge on any atom is 0.130 e. The van der Waals surface area contributed by atoms with Gasteiger partial charge in [-0.3, -0.25) is 0 Å². The molecule has 2 aromatic rings. The Morgan fingerprint density at radius 1 is 1.00 bits per heavy atom. The van der Waals surface area contributed by atoms with Gasteiger partial charge in [-0.1, -0.05) is 36.4 Å². The number of benzene rings is 2. The Kier molecular flexibility index (Phi) is 3.78. The monoisotopic (exact) mass is 228 g/mol. The van der Waals surface area contributed by atoms with Crippen LogP contribution in [0.25, 0.3) is 0 Å². The van der Waals surface area contributed by atoms with E-state index in [4.69, 9.17) is 4.74 Å². The first-order chi connectivity index (χ1) is 8.25. The van der Waals surface area contributed by atoms with E-state index in [1.165, 1.54) is 0 Å². The number of aliphatic hydroxyl groups is 1. The second kappa shape index (κ2) is 5.51. The molecule has 0 radical (unpaired) electrons. The summed E-state index contributed by atoms with van der Waals surface area (Å²) in [6.07, 6.45) is 0.235. The Hall–Kier alpha value is -1.80. The number of hydrogen-bond acceptors (Lipinski definition) is 2. The molecule has 0 aliphatic rings. The number of ether oxygens (including phenoxy) is 1. The van der Waals surface area contributed by atoms with Crippen molar-refractivity contribution in [2.45, 2.75) is 19.4 Å². The Bertz CT molecular complexity index is 463. The predicted molar refractivity (Wildman–Crippen MR) is 68.3 cm³/mol. The van der Waals surface area contributed by atoms with Crippen molar-refractivity contribution < 1.29 is 9.84 Å². The molecule has 0 saturated carbocycles. The highest BCUT2D eigenvalue weighted by molar-refractivity contribution is 5.38. The Labute approximate surface area is 101 Å². The van der Waals surface area contributed by atoms with E-state index >= 15 is 0 Å². The van der Waals surface area contributed by atoms with Crippen molar-refractivity contribution in [2.24, 2.45) is 0 Å². The summed E-state index contributed by atoms with van der Waals surface area (Å²) in [7, 11) is 0. The summed E-state index contributed by atoms with van der Waals surface area (Å²) in [5, 5.41) is 9.44. The van der Waals surface area contributed by atoms with E-state index in [1.54, 1.807) is 6.92 Å². The van der Waals surface area contributed by atoms with Crippen LogP contribution in [0.2, 0.25) is 0 Å². The van der Waals surface area contributed by atoms with Crippen molar-refractivity contribution in [3.8, 4) is 11.5 Å². The SMILES string of the molecule is CC(O)Cc1ccccc1Oc1ccccc1. The number of hydrogen-bond donors (Lipinski definition) is 1. The fraction of sp³-hybridized carbons (Fsp3) is 0.200. The van der Waals surface area contributed by atoms with Crippen LogP contribution in [0.4, 0.5) is 0 Å². The van der Waals surface area contributed by atoms with Gasteiger partial charge >= 0.3 is 0 Å². The van der Waals surface area contributed by atoms with Crippen LogP contribution in [0.3, 0.4) is 0 Å². The second-order valence-electron chi connectivity index (χ2n) is 4.08. The summed E-state index contributed by atoms with van der Waals surface area (Å²) >= 11 is 0. The lowest BCUT2D eigenvalue weighted by Crippen LogP contribution is -2.05. The molecule has 88 valence electrons. The van der Waals surface area contributed by atoms with Gasteiger partial charge in [-0.15, -0.1) is 0 Å². The highest BCUT2D eigenvalue weighted by atomic mass is 16.5. The van der Waals surface area contributed by atoms with Crippen LogP contribution >= 0.6 is 0 Å². The van der Waals surface area contributed by atoms with Gasteiger partial charge in [0.05, 0.1) is 6.10 Å². The average Bonchev–Trinajstić information content (AvgIpc) is 2.32. The van der Waals surface area contributed by atoms with Crippen LogP contribution in [0.5, 0.6) is 11.5 Å². The van der Waals surface area contributed by atoms with E-state index in [0.717, 1.165) is 17.1 Å². The van der Waals surface area contributed by atoms with Crippen molar-refractivity contribution in [1.29, 1.82) is 0 Å². The molecule has 1 unspecified atom stereocenters. The van der Waals surface area contributed by atoms with Gasteiger partial charge in [0, 0.05) is 6.42 Å². The molecular weight excluding hydrogens is 212 g/mol. The van der Waals surface area contributed by atoms with E-state index in [1.807, 2.05) is 54.6 Å². The third kappa shape index (κ3) is 3.33. The molecule has 17 heavy (non-hydrogen) atoms. The van der Waals surface area contributed by atoms with E-state index < -0.39 is 0 Å². The third-order valence-electron chi connectivity index (χ3n) is 2.46. The third-order valence-corrected chi connectivity index (χ3v) is 2.46. The normalized spacial score (nSPS) is 12.1. The quantitative estimate of drug-likeness (QED) is 0.869. The van der Waals surface area contributed by atoms with Gasteiger partial charge in [-0.2, -0.15) is 0 Å². The molecular formula is C15H16O2. The molecule has 2 nitrogen and oxygen atoms in total. The summed E-state index contributed by atoms with van der Waals surface area (Å²) in [5.41, 5.74) is 1.02. The van der Waals surface area contributed by atoms with E-state index in [-0.39, 0.29) is 6.10 Å². The second-order valence-corrected chi connectivity index (χ2v) is 4.08. The Morgan fingerprint density at radius 3 is 2.35 bits per heavy atom. The van der Waals surface area contributed by atoms with E-state index in [9.17, 15) is 5.11 Å². The van der Waals surface area contributed by atoms with Crippen molar-refractivity contribution in [3.63, 3.8) is 0 Å². The Balaban J connectivity index is 2.20. The van der Waals surface area contributed by atoms with Crippen molar-refractivity contribution in [1.82, 2.24) is 0 Å². The minimum absolute atomic E-state index is 0.365. The Morgan fingerprint density at radius 2 is 1.65 bits per heavy atom. The van der Waals surface area contributed by atoms with Crippen LogP contribution in [-0.2, 0) is 6.42 Å². The van der Waals surface area contributed by atoms with Crippen molar-refractivity contribution in [3.05, 3.63) is 60.2 Å². The van der Waals surface area contributed by atoms with Crippen LogP contribution in [0.15, 0.2) is 54.6 Å². The highest BCUT2D eigenvalue weighted by Crippen LogP contribution is 2.25. The fourth-order valence-electron chi connectivity index (χ4n) is 1.71. The van der Waals surface area contributed by atoms with Gasteiger partial charge in [0.2, 0.25) is 0 Å². The lowest BCUT2D eigenvalue weighted by atomic mass is 10.1. The van der Waals surface area contributed by atoms with Crippen LogP contribution < -0.4 is 4.74 Å². The van der Waals surface area contributed by atoms with Gasteiger partial charge < -0.3 is 9.84 Å². The molecule has 0 aromatic heterocycles. The standard InChI is InChI=1S/C15H16O2/c1-12(16)11-13-7-5-6-10-15(13)17-14-8-3-2-4-9-14/h2-10,12,16H,11H2,1H3. The topological polar surface area (TPSA) is 29.5 Å². The zero-order valence-electron chi connectivity index (χ0n) is 9.84. The lowest BCUT2D eigenvalue weighted by molar-refractivity contribution is 0.194. The molecule has 0 spiro atoms. The molecule has 0 aliphatic carbocycles. The first-order valence-corrected chi connectivity index (χ1v) is 5.74. The number of para-hydroxylation sites is 2. The lowest BCUT2D eigenvalue weighted by Gasteiger charge is -2.12. The smallest absolute Gasteiger partial charge is 0.130 e. The molecule has 2 heteroatoms. The summed E-state index contributed by atoms with van der Waals surface area (Å²) in [6.45, 7) is 1.78.